The zero-order chi connectivity index (χ0) is 18.4. The van der Waals surface area contributed by atoms with Gasteiger partial charge in [0.15, 0.2) is 0 Å². The highest BCUT2D eigenvalue weighted by molar-refractivity contribution is 5.93. The minimum absolute atomic E-state index is 0.114. The number of para-hydroxylation sites is 1. The van der Waals surface area contributed by atoms with E-state index in [4.69, 9.17) is 4.74 Å². The van der Waals surface area contributed by atoms with Crippen LogP contribution < -0.4 is 10.1 Å². The third-order valence-corrected chi connectivity index (χ3v) is 4.41. The Morgan fingerprint density at radius 1 is 1.23 bits per heavy atom. The molecule has 1 fully saturated rings. The van der Waals surface area contributed by atoms with Crippen LogP contribution >= 0.6 is 0 Å². The lowest BCUT2D eigenvalue weighted by atomic mass is 10.2. The van der Waals surface area contributed by atoms with Gasteiger partial charge in [-0.3, -0.25) is 14.6 Å². The Labute approximate surface area is 152 Å². The van der Waals surface area contributed by atoms with E-state index in [1.807, 2.05) is 30.3 Å². The summed E-state index contributed by atoms with van der Waals surface area (Å²) in [6, 6.07) is 11.4. The van der Waals surface area contributed by atoms with Crippen LogP contribution in [0.5, 0.6) is 5.75 Å². The van der Waals surface area contributed by atoms with Gasteiger partial charge < -0.3 is 19.9 Å². The van der Waals surface area contributed by atoms with Crippen molar-refractivity contribution in [2.24, 2.45) is 0 Å². The van der Waals surface area contributed by atoms with Crippen molar-refractivity contribution in [3.63, 3.8) is 0 Å². The van der Waals surface area contributed by atoms with Crippen LogP contribution in [0.25, 0.3) is 0 Å². The average molecular weight is 354 g/mol. The van der Waals surface area contributed by atoms with Crippen LogP contribution in [0, 0.1) is 0 Å². The van der Waals surface area contributed by atoms with Crippen LogP contribution in [0.2, 0.25) is 0 Å². The number of pyridine rings is 1. The van der Waals surface area contributed by atoms with Gasteiger partial charge in [-0.2, -0.15) is 0 Å². The largest absolute Gasteiger partial charge is 0.496 e. The Kier molecular flexibility index (Phi) is 5.68. The van der Waals surface area contributed by atoms with Crippen molar-refractivity contribution in [1.29, 1.82) is 0 Å². The molecule has 1 N–H and O–H groups in total. The first kappa shape index (κ1) is 17.7. The van der Waals surface area contributed by atoms with Crippen molar-refractivity contribution in [2.75, 3.05) is 38.6 Å². The van der Waals surface area contributed by atoms with Crippen molar-refractivity contribution < 1.29 is 14.3 Å². The Morgan fingerprint density at radius 3 is 2.73 bits per heavy atom. The molecule has 1 aliphatic rings. The maximum Gasteiger partial charge on any atom is 0.272 e. The first-order valence-corrected chi connectivity index (χ1v) is 8.51. The number of nitrogens with zero attached hydrogens (tertiary/aromatic N) is 3. The fraction of sp³-hybridized carbons (Fsp3) is 0.316. The highest BCUT2D eigenvalue weighted by Crippen LogP contribution is 2.19. The molecule has 136 valence electrons. The molecule has 0 aliphatic carbocycles. The van der Waals surface area contributed by atoms with Crippen molar-refractivity contribution in [2.45, 2.75) is 6.54 Å². The van der Waals surface area contributed by atoms with Gasteiger partial charge in [-0.15, -0.1) is 0 Å². The number of hydrogen-bond donors (Lipinski definition) is 1. The van der Waals surface area contributed by atoms with Gasteiger partial charge in [0.25, 0.3) is 5.91 Å². The van der Waals surface area contributed by atoms with Crippen LogP contribution in [0.3, 0.4) is 0 Å². The lowest BCUT2D eigenvalue weighted by Crippen LogP contribution is -2.48. The second-order valence-electron chi connectivity index (χ2n) is 6.03. The van der Waals surface area contributed by atoms with Gasteiger partial charge in [0.1, 0.15) is 11.4 Å². The molecule has 3 rings (SSSR count). The molecule has 26 heavy (non-hydrogen) atoms. The molecule has 2 heterocycles. The van der Waals surface area contributed by atoms with E-state index in [1.165, 1.54) is 0 Å². The molecule has 0 saturated carbocycles. The zero-order valence-corrected chi connectivity index (χ0v) is 14.7. The van der Waals surface area contributed by atoms with Crippen molar-refractivity contribution in [1.82, 2.24) is 14.8 Å². The van der Waals surface area contributed by atoms with Gasteiger partial charge in [-0.05, 0) is 18.2 Å². The van der Waals surface area contributed by atoms with Gasteiger partial charge in [-0.1, -0.05) is 18.2 Å². The third kappa shape index (κ3) is 4.11. The van der Waals surface area contributed by atoms with Gasteiger partial charge >= 0.3 is 0 Å². The summed E-state index contributed by atoms with van der Waals surface area (Å²) in [5.41, 5.74) is 2.25. The average Bonchev–Trinajstić information content (AvgIpc) is 2.72. The molecule has 1 aromatic carbocycles. The monoisotopic (exact) mass is 354 g/mol. The van der Waals surface area contributed by atoms with Crippen molar-refractivity contribution >= 4 is 18.0 Å². The molecule has 2 aromatic rings. The molecule has 7 nitrogen and oxygen atoms in total. The van der Waals surface area contributed by atoms with Crippen LogP contribution in [0.4, 0.5) is 5.69 Å². The Balaban J connectivity index is 1.64. The number of aromatic nitrogens is 1. The molecule has 0 unspecified atom stereocenters. The highest BCUT2D eigenvalue weighted by Gasteiger charge is 2.22. The van der Waals surface area contributed by atoms with E-state index in [-0.39, 0.29) is 5.91 Å². The Hall–Kier alpha value is -3.09. The number of carbonyl (C=O) groups excluding carboxylic acids is 2. The van der Waals surface area contributed by atoms with Crippen molar-refractivity contribution in [3.05, 3.63) is 53.9 Å². The van der Waals surface area contributed by atoms with Gasteiger partial charge in [0.2, 0.25) is 6.41 Å². The maximum atomic E-state index is 12.6. The molecule has 7 heteroatoms. The number of carbonyl (C=O) groups is 2. The summed E-state index contributed by atoms with van der Waals surface area (Å²) in [5, 5.41) is 3.30. The van der Waals surface area contributed by atoms with Crippen LogP contribution in [-0.2, 0) is 11.3 Å². The summed E-state index contributed by atoms with van der Waals surface area (Å²) in [7, 11) is 1.65. The van der Waals surface area contributed by atoms with E-state index in [0.717, 1.165) is 23.4 Å². The van der Waals surface area contributed by atoms with E-state index >= 15 is 0 Å². The van der Waals surface area contributed by atoms with E-state index in [1.54, 1.807) is 29.2 Å². The fourth-order valence-corrected chi connectivity index (χ4v) is 2.90. The zero-order valence-electron chi connectivity index (χ0n) is 14.7. The smallest absolute Gasteiger partial charge is 0.272 e. The Morgan fingerprint density at radius 2 is 2.00 bits per heavy atom. The minimum Gasteiger partial charge on any atom is -0.496 e. The highest BCUT2D eigenvalue weighted by atomic mass is 16.5. The molecule has 1 aliphatic heterocycles. The molecule has 0 atom stereocenters. The second-order valence-corrected chi connectivity index (χ2v) is 6.03. The summed E-state index contributed by atoms with van der Waals surface area (Å²) < 4.78 is 5.35. The molecule has 0 radical (unpaired) electrons. The summed E-state index contributed by atoms with van der Waals surface area (Å²) in [6.07, 6.45) is 2.45. The summed E-state index contributed by atoms with van der Waals surface area (Å²) in [4.78, 5) is 31.0. The fourth-order valence-electron chi connectivity index (χ4n) is 2.90. The molecule has 1 aromatic heterocycles. The minimum atomic E-state index is -0.114. The van der Waals surface area contributed by atoms with Crippen LogP contribution in [-0.4, -0.2) is 60.4 Å². The summed E-state index contributed by atoms with van der Waals surface area (Å²) in [5.74, 6) is 0.704. The van der Waals surface area contributed by atoms with Crippen molar-refractivity contribution in [3.8, 4) is 5.75 Å². The first-order valence-electron chi connectivity index (χ1n) is 8.51. The normalized spacial score (nSPS) is 14.0. The summed E-state index contributed by atoms with van der Waals surface area (Å²) >= 11 is 0. The number of benzene rings is 1. The number of piperazine rings is 1. The number of anilines is 1. The van der Waals surface area contributed by atoms with E-state index in [0.29, 0.717) is 38.4 Å². The lowest BCUT2D eigenvalue weighted by molar-refractivity contribution is -0.119. The molecule has 0 spiro atoms. The molecular formula is C19H22N4O3. The van der Waals surface area contributed by atoms with Gasteiger partial charge in [-0.25, -0.2) is 0 Å². The SMILES string of the molecule is COc1ccccc1CNc1ccnc(C(=O)N2CCN(C=O)CC2)c1. The second kappa shape index (κ2) is 8.33. The molecule has 0 bridgehead atoms. The third-order valence-electron chi connectivity index (χ3n) is 4.41. The standard InChI is InChI=1S/C19H22N4O3/c1-26-18-5-3-2-4-15(18)13-21-16-6-7-20-17(12-16)19(25)23-10-8-22(14-24)9-11-23/h2-7,12,14H,8-11,13H2,1H3,(H,20,21). The lowest BCUT2D eigenvalue weighted by Gasteiger charge is -2.32. The number of amides is 2. The number of methoxy groups -OCH3 is 1. The number of ether oxygens (including phenoxy) is 1. The molecule has 2 amide bonds. The maximum absolute atomic E-state index is 12.6. The number of rotatable bonds is 6. The van der Waals surface area contributed by atoms with E-state index in [9.17, 15) is 9.59 Å². The molecular weight excluding hydrogens is 332 g/mol. The predicted molar refractivity (Wildman–Crippen MR) is 98.1 cm³/mol. The molecule has 1 saturated heterocycles. The quantitative estimate of drug-likeness (QED) is 0.798. The van der Waals surface area contributed by atoms with Gasteiger partial charge in [0.05, 0.1) is 7.11 Å². The van der Waals surface area contributed by atoms with E-state index in [2.05, 4.69) is 10.3 Å². The summed E-state index contributed by atoms with van der Waals surface area (Å²) in [6.45, 7) is 2.75. The number of hydrogen-bond acceptors (Lipinski definition) is 5. The number of nitrogens with one attached hydrogen (secondary N) is 1. The topological polar surface area (TPSA) is 74.8 Å². The first-order chi connectivity index (χ1) is 12.7. The van der Waals surface area contributed by atoms with Crippen LogP contribution in [0.15, 0.2) is 42.6 Å². The Bertz CT molecular complexity index is 773. The van der Waals surface area contributed by atoms with Gasteiger partial charge in [0, 0.05) is 50.2 Å². The van der Waals surface area contributed by atoms with Crippen LogP contribution in [0.1, 0.15) is 16.1 Å². The van der Waals surface area contributed by atoms with E-state index < -0.39 is 0 Å². The predicted octanol–water partition coefficient (Wildman–Crippen LogP) is 1.62.